The van der Waals surface area contributed by atoms with Gasteiger partial charge in [-0.2, -0.15) is 0 Å². The maximum absolute atomic E-state index is 13.0. The first-order valence-electron chi connectivity index (χ1n) is 13.8. The molecule has 3 fully saturated rings. The molecule has 0 aromatic heterocycles. The third-order valence-electron chi connectivity index (χ3n) is 8.97. The minimum absolute atomic E-state index is 0.00445. The molecule has 0 bridgehead atoms. The predicted octanol–water partition coefficient (Wildman–Crippen LogP) is 7.55. The van der Waals surface area contributed by atoms with Crippen LogP contribution in [0.5, 0.6) is 0 Å². The smallest absolute Gasteiger partial charge is 0.165 e. The van der Waals surface area contributed by atoms with Gasteiger partial charge in [0.05, 0.1) is 0 Å². The average molecular weight is 437 g/mol. The van der Waals surface area contributed by atoms with Crippen molar-refractivity contribution in [2.75, 3.05) is 6.61 Å². The van der Waals surface area contributed by atoms with E-state index in [1.54, 1.807) is 0 Å². The maximum Gasteiger partial charge on any atom is 0.165 e. The molecular formula is C28H52O3. The highest BCUT2D eigenvalue weighted by molar-refractivity contribution is 5.87. The van der Waals surface area contributed by atoms with Crippen LogP contribution < -0.4 is 0 Å². The second kappa shape index (κ2) is 12.2. The predicted molar refractivity (Wildman–Crippen MR) is 130 cm³/mol. The molecule has 3 nitrogen and oxygen atoms in total. The zero-order chi connectivity index (χ0) is 23.1. The fourth-order valence-electron chi connectivity index (χ4n) is 7.82. The summed E-state index contributed by atoms with van der Waals surface area (Å²) in [7, 11) is 0. The normalized spacial score (nSPS) is 41.0. The Morgan fingerprint density at radius 3 is 2.42 bits per heavy atom. The number of hydrogen-bond acceptors (Lipinski definition) is 3. The van der Waals surface area contributed by atoms with Crippen molar-refractivity contribution in [2.45, 2.75) is 131 Å². The molecule has 7 atom stereocenters. The topological polar surface area (TPSA) is 46.5 Å². The number of ether oxygens (including phenoxy) is 1. The summed E-state index contributed by atoms with van der Waals surface area (Å²) in [6.07, 6.45) is 14.2. The van der Waals surface area contributed by atoms with Gasteiger partial charge in [-0.25, -0.2) is 0 Å². The van der Waals surface area contributed by atoms with Gasteiger partial charge in [-0.1, -0.05) is 53.9 Å². The van der Waals surface area contributed by atoms with Crippen LogP contribution in [0.4, 0.5) is 0 Å². The first-order chi connectivity index (χ1) is 14.9. The van der Waals surface area contributed by atoms with Crippen molar-refractivity contribution in [2.24, 2.45) is 35.0 Å². The lowest BCUT2D eigenvalue weighted by atomic mass is 9.69. The lowest BCUT2D eigenvalue weighted by molar-refractivity contribution is -0.213. The molecule has 0 amide bonds. The number of carbonyl (C=O) groups excluding carboxylic acids is 1. The minimum atomic E-state index is -0.927. The van der Waals surface area contributed by atoms with Crippen molar-refractivity contribution in [3.63, 3.8) is 0 Å². The van der Waals surface area contributed by atoms with Crippen LogP contribution in [0.3, 0.4) is 0 Å². The van der Waals surface area contributed by atoms with Crippen molar-refractivity contribution < 1.29 is 14.6 Å². The second-order valence-corrected chi connectivity index (χ2v) is 10.7. The van der Waals surface area contributed by atoms with Gasteiger partial charge in [0, 0.05) is 31.3 Å². The van der Waals surface area contributed by atoms with Gasteiger partial charge in [-0.15, -0.1) is 0 Å². The molecule has 0 aromatic rings. The molecule has 0 aliphatic heterocycles. The SMILES string of the molecule is CC.CCCC1CC2CCC(=O)[C@@]2(CCC)CCC1C1CCCC(O)(OCC)CC1C. The van der Waals surface area contributed by atoms with Crippen molar-refractivity contribution in [1.82, 2.24) is 0 Å². The number of fused-ring (bicyclic) bond motifs is 1. The summed E-state index contributed by atoms with van der Waals surface area (Å²) in [5.74, 6) is 2.88. The molecule has 6 unspecified atom stereocenters. The van der Waals surface area contributed by atoms with Gasteiger partial charge < -0.3 is 9.84 Å². The van der Waals surface area contributed by atoms with E-state index in [1.165, 1.54) is 32.1 Å². The van der Waals surface area contributed by atoms with Gasteiger partial charge >= 0.3 is 0 Å². The Hall–Kier alpha value is -0.410. The van der Waals surface area contributed by atoms with Gasteiger partial charge in [0.1, 0.15) is 5.78 Å². The molecular weight excluding hydrogens is 384 g/mol. The Kier molecular flexibility index (Phi) is 10.5. The highest BCUT2D eigenvalue weighted by Gasteiger charge is 2.52. The van der Waals surface area contributed by atoms with Crippen LogP contribution in [-0.4, -0.2) is 23.3 Å². The van der Waals surface area contributed by atoms with E-state index in [2.05, 4.69) is 20.8 Å². The third-order valence-corrected chi connectivity index (χ3v) is 8.97. The first-order valence-corrected chi connectivity index (χ1v) is 13.8. The molecule has 3 rings (SSSR count). The minimum Gasteiger partial charge on any atom is -0.365 e. The molecule has 3 aliphatic rings. The van der Waals surface area contributed by atoms with Gasteiger partial charge in [-0.3, -0.25) is 4.79 Å². The molecule has 0 aromatic carbocycles. The standard InChI is InChI=1S/C26H46O3.C2H6/c1-5-9-20-17-21-11-12-24(27)25(21,14-6-2)16-13-23(20)22-10-8-15-26(28,29-7-3)18-19(22)4;1-2/h19-23,28H,5-18H2,1-4H3;1-2H3/t19?,20?,21?,22?,23?,25-,26?;/m0./s1. The Balaban J connectivity index is 0.00000166. The van der Waals surface area contributed by atoms with Crippen LogP contribution in [0, 0.1) is 35.0 Å². The number of ketones is 1. The summed E-state index contributed by atoms with van der Waals surface area (Å²) in [5.41, 5.74) is -0.00445. The van der Waals surface area contributed by atoms with E-state index in [4.69, 9.17) is 4.74 Å². The Bertz CT molecular complexity index is 546. The number of aliphatic hydroxyl groups is 1. The highest BCUT2D eigenvalue weighted by Crippen LogP contribution is 2.57. The maximum atomic E-state index is 13.0. The molecule has 0 heterocycles. The lowest BCUT2D eigenvalue weighted by Gasteiger charge is -2.37. The van der Waals surface area contributed by atoms with E-state index in [9.17, 15) is 9.90 Å². The Labute approximate surface area is 193 Å². The largest absolute Gasteiger partial charge is 0.365 e. The fraction of sp³-hybridized carbons (Fsp3) is 0.964. The van der Waals surface area contributed by atoms with E-state index < -0.39 is 5.79 Å². The van der Waals surface area contributed by atoms with Gasteiger partial charge in [0.25, 0.3) is 0 Å². The van der Waals surface area contributed by atoms with Crippen LogP contribution in [0.15, 0.2) is 0 Å². The van der Waals surface area contributed by atoms with E-state index in [0.29, 0.717) is 36.1 Å². The van der Waals surface area contributed by atoms with E-state index in [0.717, 1.165) is 57.3 Å². The lowest BCUT2D eigenvalue weighted by Crippen LogP contribution is -2.35. The second-order valence-electron chi connectivity index (χ2n) is 10.7. The summed E-state index contributed by atoms with van der Waals surface area (Å²) in [5, 5.41) is 11.0. The molecule has 182 valence electrons. The number of carbonyl (C=O) groups is 1. The Morgan fingerprint density at radius 2 is 1.77 bits per heavy atom. The molecule has 3 heteroatoms. The Morgan fingerprint density at radius 1 is 1.03 bits per heavy atom. The van der Waals surface area contributed by atoms with E-state index in [-0.39, 0.29) is 5.41 Å². The van der Waals surface area contributed by atoms with Crippen molar-refractivity contribution >= 4 is 5.78 Å². The van der Waals surface area contributed by atoms with Crippen molar-refractivity contribution in [1.29, 1.82) is 0 Å². The molecule has 1 N–H and O–H groups in total. The van der Waals surface area contributed by atoms with Crippen LogP contribution in [0.1, 0.15) is 125 Å². The van der Waals surface area contributed by atoms with Gasteiger partial charge in [0.15, 0.2) is 5.79 Å². The molecule has 3 aliphatic carbocycles. The molecule has 31 heavy (non-hydrogen) atoms. The summed E-state index contributed by atoms with van der Waals surface area (Å²) >= 11 is 0. The van der Waals surface area contributed by atoms with Crippen molar-refractivity contribution in [3.05, 3.63) is 0 Å². The summed E-state index contributed by atoms with van der Waals surface area (Å²) in [4.78, 5) is 13.0. The molecule has 3 saturated carbocycles. The highest BCUT2D eigenvalue weighted by atomic mass is 16.6. The third kappa shape index (κ3) is 5.94. The summed E-state index contributed by atoms with van der Waals surface area (Å²) < 4.78 is 5.79. The fourth-order valence-corrected chi connectivity index (χ4v) is 7.82. The average Bonchev–Trinajstić information content (AvgIpc) is 2.86. The zero-order valence-electron chi connectivity index (χ0n) is 21.5. The van der Waals surface area contributed by atoms with Crippen LogP contribution in [0.25, 0.3) is 0 Å². The van der Waals surface area contributed by atoms with E-state index >= 15 is 0 Å². The van der Waals surface area contributed by atoms with Gasteiger partial charge in [0.2, 0.25) is 0 Å². The van der Waals surface area contributed by atoms with Crippen LogP contribution in [0.2, 0.25) is 0 Å². The number of rotatable bonds is 7. The number of Topliss-reactive ketones (excluding diaryl/α,β-unsaturated/α-hetero) is 1. The quantitative estimate of drug-likeness (QED) is 0.331. The summed E-state index contributed by atoms with van der Waals surface area (Å²) in [6, 6.07) is 0. The molecule has 0 saturated heterocycles. The van der Waals surface area contributed by atoms with Crippen molar-refractivity contribution in [3.8, 4) is 0 Å². The monoisotopic (exact) mass is 436 g/mol. The van der Waals surface area contributed by atoms with E-state index in [1.807, 2.05) is 20.8 Å². The summed E-state index contributed by atoms with van der Waals surface area (Å²) in [6.45, 7) is 13.5. The van der Waals surface area contributed by atoms with Crippen LogP contribution in [-0.2, 0) is 9.53 Å². The first kappa shape index (κ1) is 26.8. The molecule has 0 radical (unpaired) electrons. The zero-order valence-corrected chi connectivity index (χ0v) is 21.5. The van der Waals surface area contributed by atoms with Gasteiger partial charge in [-0.05, 0) is 81.5 Å². The van der Waals surface area contributed by atoms with Crippen LogP contribution >= 0.6 is 0 Å². The number of hydrogen-bond donors (Lipinski definition) is 1. The molecule has 0 spiro atoms.